The topological polar surface area (TPSA) is 99.5 Å². The molecule has 0 spiro atoms. The molecular formula is C15H4B9ClN2O4. The van der Waals surface area contributed by atoms with Crippen LogP contribution in [0.2, 0.25) is 5.02 Å². The Morgan fingerprint density at radius 3 is 2.00 bits per heavy atom. The highest BCUT2D eigenvalue weighted by Crippen LogP contribution is 2.27. The number of nitrogens with zero attached hydrogens (tertiary/aromatic N) is 1. The molecule has 1 unspecified atom stereocenters. The zero-order chi connectivity index (χ0) is 24.0. The fraction of sp³-hybridized carbons (Fsp3) is 0.133. The summed E-state index contributed by atoms with van der Waals surface area (Å²) < 4.78 is 0. The molecular weight excluding hydrogens is 405 g/mol. The van der Waals surface area contributed by atoms with Gasteiger partial charge in [0.05, 0.1) is 29.5 Å². The molecule has 3 N–H and O–H groups in total. The summed E-state index contributed by atoms with van der Waals surface area (Å²) in [5.74, 6) is -5.39. The molecule has 0 fully saturated rings. The fourth-order valence-corrected chi connectivity index (χ4v) is 2.99. The lowest BCUT2D eigenvalue weighted by Gasteiger charge is -2.33. The van der Waals surface area contributed by atoms with Crippen LogP contribution in [0.4, 0.5) is 0 Å². The molecule has 0 bridgehead atoms. The summed E-state index contributed by atoms with van der Waals surface area (Å²) in [5, 5.41) is 18.8. The van der Waals surface area contributed by atoms with Crippen molar-refractivity contribution < 1.29 is 19.8 Å². The van der Waals surface area contributed by atoms with Gasteiger partial charge in [-0.2, -0.15) is 0 Å². The molecule has 1 aromatic heterocycles. The minimum absolute atomic E-state index is 0.170. The molecule has 2 rings (SSSR count). The Labute approximate surface area is 195 Å². The molecule has 16 heteroatoms. The predicted octanol–water partition coefficient (Wildman–Crippen LogP) is -6.00. The summed E-state index contributed by atoms with van der Waals surface area (Å²) in [6, 6.07) is 0. The number of hydrogen-bond acceptors (Lipinski definition) is 4. The first-order valence-electron chi connectivity index (χ1n) is 8.21. The van der Waals surface area contributed by atoms with Crippen LogP contribution in [0.5, 0.6) is 5.75 Å². The number of halogens is 1. The Morgan fingerprint density at radius 2 is 1.52 bits per heavy atom. The van der Waals surface area contributed by atoms with E-state index in [1.807, 2.05) is 5.32 Å². The molecule has 2 aromatic rings. The van der Waals surface area contributed by atoms with E-state index in [9.17, 15) is 14.7 Å². The van der Waals surface area contributed by atoms with E-state index in [2.05, 4.69) is 4.98 Å². The number of amides is 1. The smallest absolute Gasteiger partial charge is 0.316 e. The van der Waals surface area contributed by atoms with Gasteiger partial charge in [-0.3, -0.25) is 14.6 Å². The van der Waals surface area contributed by atoms with Crippen molar-refractivity contribution in [1.29, 1.82) is 0 Å². The number of aliphatic carboxylic acids is 1. The van der Waals surface area contributed by atoms with Gasteiger partial charge in [0, 0.05) is 5.02 Å². The van der Waals surface area contributed by atoms with Crippen LogP contribution in [0.1, 0.15) is 16.1 Å². The van der Waals surface area contributed by atoms with Crippen LogP contribution in [0.25, 0.3) is 11.1 Å². The summed E-state index contributed by atoms with van der Waals surface area (Å²) in [5.41, 5.74) is -2.95. The third-order valence-corrected chi connectivity index (χ3v) is 4.65. The van der Waals surface area contributed by atoms with E-state index in [0.717, 1.165) is 0 Å². The number of rotatable bonds is 5. The Morgan fingerprint density at radius 1 is 0.968 bits per heavy atom. The molecule has 31 heavy (non-hydrogen) atoms. The number of aromatic hydroxyl groups is 1. The number of aromatic nitrogens is 1. The second-order valence-electron chi connectivity index (χ2n) is 6.51. The van der Waals surface area contributed by atoms with Gasteiger partial charge in [-0.1, -0.05) is 28.1 Å². The maximum Gasteiger partial charge on any atom is 0.316 e. The zero-order valence-electron chi connectivity index (χ0n) is 15.8. The number of carboxylic acid groups (broad SMARTS) is 1. The van der Waals surface area contributed by atoms with Gasteiger partial charge in [-0.05, 0) is 22.2 Å². The minimum atomic E-state index is -2.12. The zero-order valence-corrected chi connectivity index (χ0v) is 16.6. The number of hydrogen-bond donors (Lipinski definition) is 3. The number of carbonyl (C=O) groups is 2. The van der Waals surface area contributed by atoms with Gasteiger partial charge in [0.15, 0.2) is 5.69 Å². The lowest BCUT2D eigenvalue weighted by molar-refractivity contribution is -0.137. The first kappa shape index (κ1) is 25.2. The lowest BCUT2D eigenvalue weighted by Crippen LogP contribution is -2.46. The van der Waals surface area contributed by atoms with E-state index in [0.29, 0.717) is 0 Å². The van der Waals surface area contributed by atoms with Crippen LogP contribution >= 0.6 is 11.6 Å². The molecule has 0 aliphatic rings. The highest BCUT2D eigenvalue weighted by atomic mass is 35.5. The van der Waals surface area contributed by atoms with Gasteiger partial charge in [0.1, 0.15) is 52.8 Å². The third-order valence-electron chi connectivity index (χ3n) is 4.24. The van der Waals surface area contributed by atoms with Gasteiger partial charge in [-0.15, -0.1) is 10.6 Å². The van der Waals surface area contributed by atoms with Crippen molar-refractivity contribution >= 4 is 122 Å². The average Bonchev–Trinajstić information content (AvgIpc) is 2.65. The van der Waals surface area contributed by atoms with E-state index in [4.69, 9.17) is 87.3 Å². The third kappa shape index (κ3) is 4.62. The van der Waals surface area contributed by atoms with Crippen LogP contribution in [0, 0.1) is 0 Å². The largest absolute Gasteiger partial charge is 0.506 e. The van der Waals surface area contributed by atoms with Gasteiger partial charge in [0.2, 0.25) is 0 Å². The average molecular weight is 409 g/mol. The van der Waals surface area contributed by atoms with Crippen molar-refractivity contribution in [3.05, 3.63) is 16.3 Å². The monoisotopic (exact) mass is 410 g/mol. The fourth-order valence-electron chi connectivity index (χ4n) is 2.79. The molecule has 0 aliphatic carbocycles. The standard InChI is InChI=1S/C15H4B9ClN2O4/c16-4-1(3(15(22,23)24)6(18)7(19)8(4)25)2-5(17)10(28)9(26-11(2)20)13(29)27-12(21)14(30)31/h12,28H,(H,27,29)(H,30,31). The Bertz CT molecular complexity index is 1110. The predicted molar refractivity (Wildman–Crippen MR) is 127 cm³/mol. The van der Waals surface area contributed by atoms with Crippen LogP contribution in [-0.4, -0.2) is 104 Å². The van der Waals surface area contributed by atoms with Crippen LogP contribution in [-0.2, 0) is 9.91 Å². The highest BCUT2D eigenvalue weighted by Gasteiger charge is 2.28. The summed E-state index contributed by atoms with van der Waals surface area (Å²) in [6.07, 6.45) is 0. The quantitative estimate of drug-likeness (QED) is 0.428. The van der Waals surface area contributed by atoms with Crippen molar-refractivity contribution in [2.75, 3.05) is 0 Å². The number of carbonyl (C=O) groups excluding carboxylic acids is 1. The molecule has 1 atom stereocenters. The van der Waals surface area contributed by atoms with E-state index in [1.54, 1.807) is 0 Å². The van der Waals surface area contributed by atoms with Gasteiger partial charge < -0.3 is 15.5 Å². The van der Waals surface area contributed by atoms with Crippen molar-refractivity contribution in [2.24, 2.45) is 0 Å². The van der Waals surface area contributed by atoms with E-state index in [1.165, 1.54) is 0 Å². The van der Waals surface area contributed by atoms with E-state index >= 15 is 0 Å². The lowest BCUT2D eigenvalue weighted by atomic mass is 9.37. The molecule has 0 aliphatic heterocycles. The molecule has 1 aromatic carbocycles. The van der Waals surface area contributed by atoms with E-state index < -0.39 is 45.4 Å². The normalized spacial score (nSPS) is 12.3. The second kappa shape index (κ2) is 8.85. The van der Waals surface area contributed by atoms with E-state index in [-0.39, 0.29) is 38.1 Å². The molecule has 0 saturated carbocycles. The summed E-state index contributed by atoms with van der Waals surface area (Å²) in [4.78, 5) is 26.8. The summed E-state index contributed by atoms with van der Waals surface area (Å²) in [6.45, 7) is 0. The second-order valence-corrected chi connectivity index (χ2v) is 6.89. The molecule has 1 amide bonds. The van der Waals surface area contributed by atoms with Gasteiger partial charge in [-0.25, -0.2) is 0 Å². The van der Waals surface area contributed by atoms with Gasteiger partial charge >= 0.3 is 5.97 Å². The molecule has 6 nitrogen and oxygen atoms in total. The van der Waals surface area contributed by atoms with Crippen LogP contribution < -0.4 is 32.8 Å². The maximum atomic E-state index is 12.2. The number of carboxylic acids is 1. The minimum Gasteiger partial charge on any atom is -0.506 e. The Balaban J connectivity index is 2.85. The number of nitrogens with one attached hydrogen (secondary N) is 1. The summed E-state index contributed by atoms with van der Waals surface area (Å²) in [7, 11) is 52.4. The van der Waals surface area contributed by atoms with Crippen LogP contribution in [0.15, 0.2) is 0 Å². The van der Waals surface area contributed by atoms with Crippen molar-refractivity contribution in [1.82, 2.24) is 10.3 Å². The summed E-state index contributed by atoms with van der Waals surface area (Å²) >= 11 is 6.12. The maximum absolute atomic E-state index is 12.2. The number of pyridine rings is 1. The molecule has 18 radical (unpaired) electrons. The Hall–Kier alpha value is -2.02. The Kier molecular flexibility index (Phi) is 7.21. The van der Waals surface area contributed by atoms with Crippen molar-refractivity contribution in [3.8, 4) is 16.9 Å². The van der Waals surface area contributed by atoms with Crippen LogP contribution in [0.3, 0.4) is 0 Å². The number of benzene rings is 1. The van der Waals surface area contributed by atoms with Crippen molar-refractivity contribution in [3.63, 3.8) is 0 Å². The molecule has 0 saturated heterocycles. The first-order valence-corrected chi connectivity index (χ1v) is 8.59. The SMILES string of the molecule is [B]c1nc(C(=O)NC([B])C(=O)O)c(O)c([B])c1-c1c([B])c(Cl)c([B])c([B])c1C([B])([B])[B]. The van der Waals surface area contributed by atoms with Gasteiger partial charge in [0.25, 0.3) is 5.91 Å². The molecule has 132 valence electrons. The molecule has 1 heterocycles. The first-order chi connectivity index (χ1) is 14.1. The highest BCUT2D eigenvalue weighted by molar-refractivity contribution is 6.65. The van der Waals surface area contributed by atoms with Crippen molar-refractivity contribution in [2.45, 2.75) is 11.1 Å².